The van der Waals surface area contributed by atoms with Crippen LogP contribution >= 0.6 is 0 Å². The molecule has 2 aliphatic rings. The fourth-order valence-corrected chi connectivity index (χ4v) is 5.76. The van der Waals surface area contributed by atoms with Gasteiger partial charge in [-0.3, -0.25) is 9.59 Å². The summed E-state index contributed by atoms with van der Waals surface area (Å²) in [4.78, 5) is 40.8. The first-order valence-corrected chi connectivity index (χ1v) is 15.4. The second-order valence-electron chi connectivity index (χ2n) is 11.5. The molecule has 11 heteroatoms. The van der Waals surface area contributed by atoms with Crippen LogP contribution in [0.3, 0.4) is 0 Å². The zero-order chi connectivity index (χ0) is 30.9. The van der Waals surface area contributed by atoms with Crippen molar-refractivity contribution in [1.82, 2.24) is 15.0 Å². The lowest BCUT2D eigenvalue weighted by molar-refractivity contribution is -0.152. The zero-order valence-corrected chi connectivity index (χ0v) is 25.6. The average molecular weight is 603 g/mol. The molecule has 44 heavy (non-hydrogen) atoms. The molecule has 5 rings (SSSR count). The molecule has 1 atom stereocenters. The number of hydrogen-bond acceptors (Lipinski definition) is 10. The summed E-state index contributed by atoms with van der Waals surface area (Å²) in [5.41, 5.74) is 4.33. The van der Waals surface area contributed by atoms with Crippen molar-refractivity contribution in [2.45, 2.75) is 58.5 Å². The van der Waals surface area contributed by atoms with Gasteiger partial charge in [0.1, 0.15) is 29.9 Å². The number of ether oxygens (including phenoxy) is 2. The van der Waals surface area contributed by atoms with E-state index >= 15 is 0 Å². The number of piperidine rings is 1. The normalized spacial score (nSPS) is 15.6. The van der Waals surface area contributed by atoms with Crippen molar-refractivity contribution in [3.63, 3.8) is 0 Å². The fraction of sp³-hybridized carbons (Fsp3) is 0.485. The van der Waals surface area contributed by atoms with Gasteiger partial charge in [-0.2, -0.15) is 0 Å². The highest BCUT2D eigenvalue weighted by atomic mass is 16.6. The van der Waals surface area contributed by atoms with Crippen LogP contribution in [0.15, 0.2) is 42.5 Å². The number of carbonyl (C=O) groups excluding carboxylic acids is 1. The molecule has 1 aromatic carbocycles. The summed E-state index contributed by atoms with van der Waals surface area (Å²) >= 11 is 0. The SMILES string of the molecule is Cc1nc(NC[C@H](CC(=O)OCCOCc2ccccc2)C(=O)O)c(C)c(N2CCC(c3ccc4c(n3)NCCC4)CC2)n1. The first-order chi connectivity index (χ1) is 21.4. The smallest absolute Gasteiger partial charge is 0.308 e. The number of rotatable bonds is 13. The molecule has 3 N–H and O–H groups in total. The van der Waals surface area contributed by atoms with Gasteiger partial charge in [0.2, 0.25) is 0 Å². The van der Waals surface area contributed by atoms with Crippen LogP contribution in [0.25, 0.3) is 0 Å². The van der Waals surface area contributed by atoms with Gasteiger partial charge in [-0.25, -0.2) is 15.0 Å². The van der Waals surface area contributed by atoms with E-state index in [9.17, 15) is 14.7 Å². The van der Waals surface area contributed by atoms with E-state index < -0.39 is 17.9 Å². The zero-order valence-electron chi connectivity index (χ0n) is 25.6. The van der Waals surface area contributed by atoms with Crippen molar-refractivity contribution < 1.29 is 24.2 Å². The summed E-state index contributed by atoms with van der Waals surface area (Å²) in [5.74, 6) is 0.825. The molecule has 3 aromatic rings. The van der Waals surface area contributed by atoms with Gasteiger partial charge in [0.25, 0.3) is 0 Å². The number of fused-ring (bicyclic) bond motifs is 1. The molecule has 0 amide bonds. The van der Waals surface area contributed by atoms with E-state index in [2.05, 4.69) is 32.7 Å². The maximum Gasteiger partial charge on any atom is 0.308 e. The lowest BCUT2D eigenvalue weighted by Gasteiger charge is -2.34. The topological polar surface area (TPSA) is 139 Å². The van der Waals surface area contributed by atoms with E-state index in [0.717, 1.165) is 73.8 Å². The van der Waals surface area contributed by atoms with E-state index in [4.69, 9.17) is 19.4 Å². The third-order valence-corrected chi connectivity index (χ3v) is 8.24. The number of benzene rings is 1. The highest BCUT2D eigenvalue weighted by molar-refractivity contribution is 5.79. The van der Waals surface area contributed by atoms with Crippen LogP contribution in [0.1, 0.15) is 59.8 Å². The monoisotopic (exact) mass is 602 g/mol. The minimum atomic E-state index is -1.08. The van der Waals surface area contributed by atoms with Crippen LogP contribution in [0.4, 0.5) is 17.5 Å². The maximum atomic E-state index is 12.4. The van der Waals surface area contributed by atoms with Crippen LogP contribution in [-0.2, 0) is 32.1 Å². The quantitative estimate of drug-likeness (QED) is 0.188. The van der Waals surface area contributed by atoms with Crippen molar-refractivity contribution in [3.05, 3.63) is 70.7 Å². The predicted molar refractivity (Wildman–Crippen MR) is 168 cm³/mol. The molecule has 0 spiro atoms. The number of esters is 1. The Balaban J connectivity index is 1.11. The van der Waals surface area contributed by atoms with Gasteiger partial charge in [-0.15, -0.1) is 0 Å². The maximum absolute atomic E-state index is 12.4. The molecule has 0 unspecified atom stereocenters. The molecule has 0 aliphatic carbocycles. The standard InChI is InChI=1S/C33H42N6O5/c1-22-30(35-20-27(33(41)42)19-29(40)44-18-17-43-21-24-7-4-3-5-8-24)36-23(2)37-32(22)39-15-12-25(13-16-39)28-11-10-26-9-6-14-34-31(26)38-28/h3-5,7-8,10-11,25,27H,6,9,12-21H2,1-2H3,(H,34,38)(H,41,42)(H,35,36,37)/t27-/m0/s1. The molecule has 2 aromatic heterocycles. The lowest BCUT2D eigenvalue weighted by Crippen LogP contribution is -2.35. The van der Waals surface area contributed by atoms with Gasteiger partial charge in [-0.1, -0.05) is 36.4 Å². The Hall–Kier alpha value is -4.25. The predicted octanol–water partition coefficient (Wildman–Crippen LogP) is 4.49. The highest BCUT2D eigenvalue weighted by Crippen LogP contribution is 2.33. The minimum Gasteiger partial charge on any atom is -0.481 e. The van der Waals surface area contributed by atoms with Crippen LogP contribution in [0.2, 0.25) is 0 Å². The summed E-state index contributed by atoms with van der Waals surface area (Å²) in [6.45, 7) is 7.18. The van der Waals surface area contributed by atoms with Crippen molar-refractivity contribution in [3.8, 4) is 0 Å². The van der Waals surface area contributed by atoms with E-state index in [1.807, 2.05) is 44.2 Å². The van der Waals surface area contributed by atoms with Gasteiger partial charge >= 0.3 is 11.9 Å². The fourth-order valence-electron chi connectivity index (χ4n) is 5.76. The van der Waals surface area contributed by atoms with Crippen molar-refractivity contribution in [2.75, 3.05) is 54.9 Å². The number of carboxylic acids is 1. The second-order valence-corrected chi connectivity index (χ2v) is 11.5. The number of aliphatic carboxylic acids is 1. The number of anilines is 3. The lowest BCUT2D eigenvalue weighted by atomic mass is 9.92. The Labute approximate surface area is 258 Å². The average Bonchev–Trinajstić information content (AvgIpc) is 3.04. The molecule has 1 fully saturated rings. The Morgan fingerprint density at radius 2 is 1.86 bits per heavy atom. The van der Waals surface area contributed by atoms with Gasteiger partial charge in [0.15, 0.2) is 0 Å². The molecule has 0 saturated carbocycles. The molecule has 0 bridgehead atoms. The summed E-state index contributed by atoms with van der Waals surface area (Å²) < 4.78 is 10.8. The molecular formula is C33H42N6O5. The van der Waals surface area contributed by atoms with Gasteiger partial charge < -0.3 is 30.1 Å². The Morgan fingerprint density at radius 3 is 2.64 bits per heavy atom. The second kappa shape index (κ2) is 15.0. The number of pyridine rings is 1. The third kappa shape index (κ3) is 8.22. The number of nitrogens with one attached hydrogen (secondary N) is 2. The van der Waals surface area contributed by atoms with Crippen LogP contribution < -0.4 is 15.5 Å². The largest absolute Gasteiger partial charge is 0.481 e. The van der Waals surface area contributed by atoms with E-state index in [1.165, 1.54) is 5.56 Å². The number of carbonyl (C=O) groups is 2. The van der Waals surface area contributed by atoms with Gasteiger partial charge in [0.05, 0.1) is 25.6 Å². The molecule has 0 radical (unpaired) electrons. The Bertz CT molecular complexity index is 1430. The first kappa shape index (κ1) is 31.2. The van der Waals surface area contributed by atoms with E-state index in [-0.39, 0.29) is 26.2 Å². The number of nitrogens with zero attached hydrogens (tertiary/aromatic N) is 4. The van der Waals surface area contributed by atoms with Crippen molar-refractivity contribution in [2.24, 2.45) is 5.92 Å². The van der Waals surface area contributed by atoms with Crippen LogP contribution in [-0.4, -0.2) is 71.4 Å². The summed E-state index contributed by atoms with van der Waals surface area (Å²) in [7, 11) is 0. The highest BCUT2D eigenvalue weighted by Gasteiger charge is 2.27. The Morgan fingerprint density at radius 1 is 1.07 bits per heavy atom. The number of aromatic nitrogens is 3. The van der Waals surface area contributed by atoms with E-state index in [1.54, 1.807) is 0 Å². The molecule has 4 heterocycles. The summed E-state index contributed by atoms with van der Waals surface area (Å²) in [6.07, 6.45) is 3.92. The minimum absolute atomic E-state index is 0.0335. The molecular weight excluding hydrogens is 560 g/mol. The van der Waals surface area contributed by atoms with Gasteiger partial charge in [0, 0.05) is 43.4 Å². The van der Waals surface area contributed by atoms with Crippen molar-refractivity contribution >= 4 is 29.4 Å². The van der Waals surface area contributed by atoms with Crippen LogP contribution in [0.5, 0.6) is 0 Å². The number of aryl methyl sites for hydroxylation is 2. The molecule has 234 valence electrons. The third-order valence-electron chi connectivity index (χ3n) is 8.24. The van der Waals surface area contributed by atoms with E-state index in [0.29, 0.717) is 24.2 Å². The Kier molecular flexibility index (Phi) is 10.6. The number of hydrogen-bond donors (Lipinski definition) is 3. The summed E-state index contributed by atoms with van der Waals surface area (Å²) in [6, 6.07) is 14.1. The number of carboxylic acid groups (broad SMARTS) is 1. The summed E-state index contributed by atoms with van der Waals surface area (Å²) in [5, 5.41) is 16.4. The van der Waals surface area contributed by atoms with Crippen molar-refractivity contribution in [1.29, 1.82) is 0 Å². The first-order valence-electron chi connectivity index (χ1n) is 15.4. The molecule has 1 saturated heterocycles. The molecule has 2 aliphatic heterocycles. The molecule has 11 nitrogen and oxygen atoms in total. The van der Waals surface area contributed by atoms with Crippen LogP contribution in [0, 0.1) is 19.8 Å². The van der Waals surface area contributed by atoms with Gasteiger partial charge in [-0.05, 0) is 56.7 Å².